The van der Waals surface area contributed by atoms with E-state index in [2.05, 4.69) is 5.32 Å². The summed E-state index contributed by atoms with van der Waals surface area (Å²) < 4.78 is 0. The number of aliphatic carboxylic acids is 3. The summed E-state index contributed by atoms with van der Waals surface area (Å²) in [6.07, 6.45) is 0. The monoisotopic (exact) mass is 376 g/mol. The molecule has 0 aromatic heterocycles. The highest BCUT2D eigenvalue weighted by Gasteiger charge is 2.20. The van der Waals surface area contributed by atoms with E-state index >= 15 is 0 Å². The van der Waals surface area contributed by atoms with Crippen molar-refractivity contribution in [1.82, 2.24) is 20.0 Å². The second-order valence-corrected chi connectivity index (χ2v) is 6.30. The Hall–Kier alpha value is -1.79. The number of hydrogen-bond donors (Lipinski definition) is 5. The molecule has 1 atom stereocenters. The quantitative estimate of drug-likeness (QED) is 0.311. The van der Waals surface area contributed by atoms with Gasteiger partial charge in [-0.15, -0.1) is 0 Å². The average Bonchev–Trinajstić information content (AvgIpc) is 2.52. The first kappa shape index (κ1) is 22.3. The lowest BCUT2D eigenvalue weighted by molar-refractivity contribution is -0.140. The molecule has 1 rings (SSSR count). The molecule has 11 heteroatoms. The van der Waals surface area contributed by atoms with Crippen LogP contribution in [0.15, 0.2) is 0 Å². The van der Waals surface area contributed by atoms with Crippen LogP contribution in [0, 0.1) is 0 Å². The van der Waals surface area contributed by atoms with Crippen molar-refractivity contribution in [3.05, 3.63) is 0 Å². The number of nitrogens with one attached hydrogen (secondary N) is 1. The van der Waals surface area contributed by atoms with Crippen molar-refractivity contribution in [2.45, 2.75) is 6.04 Å². The van der Waals surface area contributed by atoms with E-state index in [1.807, 2.05) is 0 Å². The molecule has 1 aliphatic rings. The smallest absolute Gasteiger partial charge is 0.317 e. The van der Waals surface area contributed by atoms with Crippen molar-refractivity contribution in [3.8, 4) is 0 Å². The molecule has 0 amide bonds. The minimum Gasteiger partial charge on any atom is -0.480 e. The lowest BCUT2D eigenvalue weighted by Crippen LogP contribution is -2.51. The predicted molar refractivity (Wildman–Crippen MR) is 91.1 cm³/mol. The van der Waals surface area contributed by atoms with Crippen molar-refractivity contribution >= 4 is 17.9 Å². The number of carbonyl (C=O) groups is 3. The van der Waals surface area contributed by atoms with Crippen molar-refractivity contribution in [3.63, 3.8) is 0 Å². The van der Waals surface area contributed by atoms with Gasteiger partial charge in [0.25, 0.3) is 0 Å². The predicted octanol–water partition coefficient (Wildman–Crippen LogP) is -2.89. The molecule has 1 unspecified atom stereocenters. The summed E-state index contributed by atoms with van der Waals surface area (Å²) in [4.78, 5) is 38.1. The van der Waals surface area contributed by atoms with E-state index in [-0.39, 0.29) is 32.3 Å². The zero-order valence-corrected chi connectivity index (χ0v) is 14.7. The van der Waals surface area contributed by atoms with Gasteiger partial charge in [0.05, 0.1) is 26.2 Å². The van der Waals surface area contributed by atoms with E-state index in [4.69, 9.17) is 15.3 Å². The molecule has 11 nitrogen and oxygen atoms in total. The fourth-order valence-electron chi connectivity index (χ4n) is 2.84. The van der Waals surface area contributed by atoms with Crippen LogP contribution in [0.25, 0.3) is 0 Å². The van der Waals surface area contributed by atoms with Crippen LogP contribution in [0.2, 0.25) is 0 Å². The highest BCUT2D eigenvalue weighted by molar-refractivity contribution is 5.69. The Balaban J connectivity index is 2.83. The molecule has 0 bridgehead atoms. The summed E-state index contributed by atoms with van der Waals surface area (Å²) in [7, 11) is 0. The number of aliphatic hydroxyl groups is 1. The number of hydrogen-bond acceptors (Lipinski definition) is 8. The SMILES string of the molecule is O=C(O)CN1CCNC(CO)CN(CC(=O)O)CCN(CC(=O)O)CC1. The van der Waals surface area contributed by atoms with Gasteiger partial charge in [-0.1, -0.05) is 0 Å². The molecule has 0 aromatic rings. The summed E-state index contributed by atoms with van der Waals surface area (Å²) in [5, 5.41) is 39.7. The van der Waals surface area contributed by atoms with Crippen LogP contribution in [0.3, 0.4) is 0 Å². The Morgan fingerprint density at radius 2 is 1.19 bits per heavy atom. The highest BCUT2D eigenvalue weighted by Crippen LogP contribution is 2.00. The molecule has 0 aromatic carbocycles. The third kappa shape index (κ3) is 9.63. The van der Waals surface area contributed by atoms with Gasteiger partial charge in [-0.25, -0.2) is 0 Å². The number of aliphatic hydroxyl groups excluding tert-OH is 1. The number of nitrogens with zero attached hydrogens (tertiary/aromatic N) is 3. The molecule has 0 aliphatic carbocycles. The number of carboxylic acid groups (broad SMARTS) is 3. The van der Waals surface area contributed by atoms with Crippen LogP contribution in [0.5, 0.6) is 0 Å². The fraction of sp³-hybridized carbons (Fsp3) is 0.800. The van der Waals surface area contributed by atoms with E-state index < -0.39 is 17.9 Å². The van der Waals surface area contributed by atoms with Gasteiger partial charge in [0.15, 0.2) is 0 Å². The second kappa shape index (κ2) is 11.8. The molecule has 0 spiro atoms. The van der Waals surface area contributed by atoms with E-state index in [1.165, 1.54) is 0 Å². The maximum atomic E-state index is 11.1. The number of rotatable bonds is 7. The molecule has 150 valence electrons. The summed E-state index contributed by atoms with van der Waals surface area (Å²) in [6, 6.07) is -0.353. The van der Waals surface area contributed by atoms with E-state index in [1.54, 1.807) is 14.7 Å². The topological polar surface area (TPSA) is 154 Å². The summed E-state index contributed by atoms with van der Waals surface area (Å²) >= 11 is 0. The van der Waals surface area contributed by atoms with E-state index in [9.17, 15) is 19.5 Å². The fourth-order valence-corrected chi connectivity index (χ4v) is 2.84. The van der Waals surface area contributed by atoms with Crippen LogP contribution in [0.4, 0.5) is 0 Å². The Morgan fingerprint density at radius 1 is 0.769 bits per heavy atom. The molecule has 1 fully saturated rings. The maximum absolute atomic E-state index is 11.1. The van der Waals surface area contributed by atoms with Gasteiger partial charge in [-0.3, -0.25) is 29.1 Å². The molecule has 1 aliphatic heterocycles. The first-order valence-corrected chi connectivity index (χ1v) is 8.46. The minimum atomic E-state index is -0.999. The van der Waals surface area contributed by atoms with Gasteiger partial charge in [-0.2, -0.15) is 0 Å². The molecule has 5 N–H and O–H groups in total. The third-order valence-corrected chi connectivity index (χ3v) is 4.10. The van der Waals surface area contributed by atoms with Crippen molar-refractivity contribution in [2.75, 3.05) is 72.1 Å². The molecule has 0 saturated carbocycles. The zero-order valence-electron chi connectivity index (χ0n) is 14.7. The standard InChI is InChI=1S/C15H28N4O7/c20-11-12-7-19(10-15(25)26)6-5-18(9-14(23)24)4-3-17(2-1-16-12)8-13(21)22/h12,16,20H,1-11H2,(H,21,22)(H,23,24)(H,25,26). The Labute approximate surface area is 151 Å². The van der Waals surface area contributed by atoms with Crippen molar-refractivity contribution in [1.29, 1.82) is 0 Å². The summed E-state index contributed by atoms with van der Waals surface area (Å²) in [5.41, 5.74) is 0. The minimum absolute atomic E-state index is 0.155. The number of carboxylic acids is 3. The van der Waals surface area contributed by atoms with E-state index in [0.29, 0.717) is 45.8 Å². The van der Waals surface area contributed by atoms with E-state index in [0.717, 1.165) is 0 Å². The Morgan fingerprint density at radius 3 is 1.65 bits per heavy atom. The largest absolute Gasteiger partial charge is 0.480 e. The van der Waals surface area contributed by atoms with Crippen LogP contribution in [-0.4, -0.2) is 131 Å². The maximum Gasteiger partial charge on any atom is 0.317 e. The summed E-state index contributed by atoms with van der Waals surface area (Å²) in [5.74, 6) is -2.96. The molecule has 1 heterocycles. The highest BCUT2D eigenvalue weighted by atomic mass is 16.4. The molecular weight excluding hydrogens is 348 g/mol. The first-order valence-electron chi connectivity index (χ1n) is 8.46. The third-order valence-electron chi connectivity index (χ3n) is 4.10. The van der Waals surface area contributed by atoms with Crippen LogP contribution >= 0.6 is 0 Å². The van der Waals surface area contributed by atoms with Gasteiger partial charge in [-0.05, 0) is 0 Å². The van der Waals surface area contributed by atoms with Crippen LogP contribution in [0.1, 0.15) is 0 Å². The normalized spacial score (nSPS) is 22.3. The molecule has 26 heavy (non-hydrogen) atoms. The lowest BCUT2D eigenvalue weighted by Gasteiger charge is -2.32. The average molecular weight is 376 g/mol. The van der Waals surface area contributed by atoms with Gasteiger partial charge in [0.2, 0.25) is 0 Å². The molecule has 0 radical (unpaired) electrons. The van der Waals surface area contributed by atoms with Crippen LogP contribution < -0.4 is 5.32 Å². The van der Waals surface area contributed by atoms with Gasteiger partial charge in [0, 0.05) is 51.9 Å². The summed E-state index contributed by atoms with van der Waals surface area (Å²) in [6.45, 7) is 1.80. The molecular formula is C15H28N4O7. The molecule has 1 saturated heterocycles. The van der Waals surface area contributed by atoms with Gasteiger partial charge < -0.3 is 25.7 Å². The lowest BCUT2D eigenvalue weighted by atomic mass is 10.2. The first-order chi connectivity index (χ1) is 12.3. The van der Waals surface area contributed by atoms with Crippen molar-refractivity contribution in [2.24, 2.45) is 0 Å². The van der Waals surface area contributed by atoms with Gasteiger partial charge in [0.1, 0.15) is 0 Å². The Bertz CT molecular complexity index is 477. The van der Waals surface area contributed by atoms with Crippen molar-refractivity contribution < 1.29 is 34.8 Å². The second-order valence-electron chi connectivity index (χ2n) is 6.30. The Kier molecular flexibility index (Phi) is 10.1. The van der Waals surface area contributed by atoms with Crippen LogP contribution in [-0.2, 0) is 14.4 Å². The van der Waals surface area contributed by atoms with Gasteiger partial charge >= 0.3 is 17.9 Å². The zero-order chi connectivity index (χ0) is 19.5.